The van der Waals surface area contributed by atoms with Gasteiger partial charge in [-0.05, 0) is 18.2 Å². The third-order valence-corrected chi connectivity index (χ3v) is 2.14. The van der Waals surface area contributed by atoms with Crippen LogP contribution in [0.1, 0.15) is 10.4 Å². The number of aromatic amines is 1. The highest BCUT2D eigenvalue weighted by molar-refractivity contribution is 5.92. The van der Waals surface area contributed by atoms with Crippen LogP contribution < -0.4 is 5.56 Å². The first-order valence-electron chi connectivity index (χ1n) is 4.25. The Balaban J connectivity index is 2.95. The lowest BCUT2D eigenvalue weighted by Gasteiger charge is -2.02. The first-order valence-corrected chi connectivity index (χ1v) is 4.25. The third-order valence-electron chi connectivity index (χ3n) is 2.14. The maximum absolute atomic E-state index is 13.3. The van der Waals surface area contributed by atoms with Gasteiger partial charge in [-0.3, -0.25) is 4.79 Å². The minimum Gasteiger partial charge on any atom is -0.477 e. The zero-order valence-corrected chi connectivity index (χ0v) is 7.75. The second kappa shape index (κ2) is 3.41. The molecular formula is C10H5F2NO3. The van der Waals surface area contributed by atoms with Crippen molar-refractivity contribution in [2.45, 2.75) is 0 Å². The molecule has 6 heteroatoms. The quantitative estimate of drug-likeness (QED) is 0.772. The topological polar surface area (TPSA) is 70.2 Å². The summed E-state index contributed by atoms with van der Waals surface area (Å²) < 4.78 is 26.5. The van der Waals surface area contributed by atoms with Crippen molar-refractivity contribution in [3.63, 3.8) is 0 Å². The second-order valence-electron chi connectivity index (χ2n) is 3.14. The highest BCUT2D eigenvalue weighted by atomic mass is 19.1. The summed E-state index contributed by atoms with van der Waals surface area (Å²) in [5.41, 5.74) is -1.93. The van der Waals surface area contributed by atoms with Gasteiger partial charge in [0.05, 0.1) is 5.52 Å². The molecule has 0 unspecified atom stereocenters. The van der Waals surface area contributed by atoms with Gasteiger partial charge in [-0.15, -0.1) is 0 Å². The number of benzene rings is 1. The van der Waals surface area contributed by atoms with Crippen molar-refractivity contribution in [3.05, 3.63) is 45.8 Å². The van der Waals surface area contributed by atoms with Gasteiger partial charge in [0.2, 0.25) is 0 Å². The van der Waals surface area contributed by atoms with Crippen LogP contribution in [-0.2, 0) is 0 Å². The Morgan fingerprint density at radius 2 is 1.88 bits per heavy atom. The summed E-state index contributed by atoms with van der Waals surface area (Å²) in [5, 5.41) is 8.38. The number of carbonyl (C=O) groups is 1. The van der Waals surface area contributed by atoms with Crippen molar-refractivity contribution in [3.8, 4) is 0 Å². The number of aromatic nitrogens is 1. The zero-order valence-electron chi connectivity index (χ0n) is 7.75. The first kappa shape index (κ1) is 10.3. The van der Waals surface area contributed by atoms with Crippen molar-refractivity contribution in [2.75, 3.05) is 0 Å². The van der Waals surface area contributed by atoms with Crippen LogP contribution in [0.2, 0.25) is 0 Å². The van der Waals surface area contributed by atoms with Gasteiger partial charge in [-0.1, -0.05) is 0 Å². The molecule has 0 spiro atoms. The van der Waals surface area contributed by atoms with Crippen LogP contribution in [0.15, 0.2) is 23.0 Å². The van der Waals surface area contributed by atoms with E-state index in [1.165, 1.54) is 0 Å². The van der Waals surface area contributed by atoms with Crippen molar-refractivity contribution in [1.82, 2.24) is 4.98 Å². The molecule has 16 heavy (non-hydrogen) atoms. The van der Waals surface area contributed by atoms with Crippen LogP contribution in [0.4, 0.5) is 8.78 Å². The van der Waals surface area contributed by atoms with E-state index in [1.54, 1.807) is 0 Å². The van der Waals surface area contributed by atoms with Crippen molar-refractivity contribution < 1.29 is 18.7 Å². The van der Waals surface area contributed by atoms with Gasteiger partial charge in [-0.2, -0.15) is 0 Å². The Labute approximate surface area is 87.1 Å². The fourth-order valence-electron chi connectivity index (χ4n) is 1.39. The number of nitrogens with one attached hydrogen (secondary N) is 1. The smallest absolute Gasteiger partial charge is 0.341 e. The van der Waals surface area contributed by atoms with Crippen LogP contribution >= 0.6 is 0 Å². The first-order chi connectivity index (χ1) is 7.50. The van der Waals surface area contributed by atoms with Gasteiger partial charge in [0.25, 0.3) is 5.56 Å². The van der Waals surface area contributed by atoms with Gasteiger partial charge >= 0.3 is 5.97 Å². The average Bonchev–Trinajstić information content (AvgIpc) is 2.23. The van der Waals surface area contributed by atoms with E-state index in [4.69, 9.17) is 5.11 Å². The number of carboxylic acids is 1. The maximum Gasteiger partial charge on any atom is 0.341 e. The van der Waals surface area contributed by atoms with E-state index in [0.29, 0.717) is 0 Å². The van der Waals surface area contributed by atoms with E-state index in [1.807, 2.05) is 4.98 Å². The zero-order chi connectivity index (χ0) is 11.9. The second-order valence-corrected chi connectivity index (χ2v) is 3.14. The predicted molar refractivity (Wildman–Crippen MR) is 51.4 cm³/mol. The lowest BCUT2D eigenvalue weighted by atomic mass is 10.1. The molecule has 0 bridgehead atoms. The van der Waals surface area contributed by atoms with Gasteiger partial charge in [0, 0.05) is 5.39 Å². The lowest BCUT2D eigenvalue weighted by molar-refractivity contribution is 0.0695. The van der Waals surface area contributed by atoms with Gasteiger partial charge < -0.3 is 10.1 Å². The fourth-order valence-corrected chi connectivity index (χ4v) is 1.39. The minimum atomic E-state index is -1.49. The molecule has 2 rings (SSSR count). The summed E-state index contributed by atoms with van der Waals surface area (Å²) in [6.07, 6.45) is 0. The molecular weight excluding hydrogens is 220 g/mol. The maximum atomic E-state index is 13.3. The number of pyridine rings is 1. The average molecular weight is 225 g/mol. The van der Waals surface area contributed by atoms with E-state index in [2.05, 4.69) is 0 Å². The number of hydrogen-bond acceptors (Lipinski definition) is 2. The number of aromatic carboxylic acids is 1. The molecule has 0 radical (unpaired) electrons. The van der Waals surface area contributed by atoms with Crippen LogP contribution in [-0.4, -0.2) is 16.1 Å². The summed E-state index contributed by atoms with van der Waals surface area (Å²) in [6.45, 7) is 0. The third kappa shape index (κ3) is 1.44. The molecule has 0 aliphatic heterocycles. The van der Waals surface area contributed by atoms with E-state index < -0.39 is 28.7 Å². The highest BCUT2D eigenvalue weighted by Crippen LogP contribution is 2.18. The monoisotopic (exact) mass is 225 g/mol. The minimum absolute atomic E-state index is 0.267. The van der Waals surface area contributed by atoms with E-state index >= 15 is 0 Å². The van der Waals surface area contributed by atoms with Gasteiger partial charge in [-0.25, -0.2) is 13.6 Å². The number of hydrogen-bond donors (Lipinski definition) is 2. The number of halogens is 2. The highest BCUT2D eigenvalue weighted by Gasteiger charge is 2.14. The summed E-state index contributed by atoms with van der Waals surface area (Å²) >= 11 is 0. The number of fused-ring (bicyclic) bond motifs is 1. The Kier molecular flexibility index (Phi) is 2.19. The molecule has 0 amide bonds. The Hall–Kier alpha value is -2.24. The Bertz CT molecular complexity index is 648. The van der Waals surface area contributed by atoms with Crippen molar-refractivity contribution >= 4 is 16.9 Å². The molecule has 82 valence electrons. The number of rotatable bonds is 1. The van der Waals surface area contributed by atoms with Crippen LogP contribution in [0, 0.1) is 11.6 Å². The summed E-state index contributed by atoms with van der Waals surface area (Å²) in [4.78, 5) is 23.8. The molecule has 1 aromatic carbocycles. The largest absolute Gasteiger partial charge is 0.477 e. The SMILES string of the molecule is O=C(O)c1cc2c(F)ccc(F)c2[nH]c1=O. The molecule has 0 fully saturated rings. The number of carboxylic acid groups (broad SMARTS) is 1. The molecule has 0 saturated carbocycles. The van der Waals surface area contributed by atoms with E-state index in [9.17, 15) is 18.4 Å². The van der Waals surface area contributed by atoms with Crippen LogP contribution in [0.3, 0.4) is 0 Å². The molecule has 0 saturated heterocycles. The summed E-state index contributed by atoms with van der Waals surface area (Å²) in [5.74, 6) is -3.10. The normalized spacial score (nSPS) is 10.6. The molecule has 2 aromatic rings. The standard InChI is InChI=1S/C10H5F2NO3/c11-6-1-2-7(12)8-4(6)3-5(10(15)16)9(14)13-8/h1-3H,(H,13,14)(H,15,16). The molecule has 1 aromatic heterocycles. The van der Waals surface area contributed by atoms with E-state index in [-0.39, 0.29) is 10.9 Å². The Morgan fingerprint density at radius 3 is 2.50 bits per heavy atom. The molecule has 1 heterocycles. The Morgan fingerprint density at radius 1 is 1.25 bits per heavy atom. The molecule has 4 nitrogen and oxygen atoms in total. The van der Waals surface area contributed by atoms with Crippen molar-refractivity contribution in [2.24, 2.45) is 0 Å². The number of H-pyrrole nitrogens is 1. The molecule has 0 atom stereocenters. The van der Waals surface area contributed by atoms with Gasteiger partial charge in [0.15, 0.2) is 0 Å². The summed E-state index contributed by atoms with van der Waals surface area (Å²) in [6, 6.07) is 2.53. The molecule has 2 N–H and O–H groups in total. The lowest BCUT2D eigenvalue weighted by Crippen LogP contribution is -2.17. The predicted octanol–water partition coefficient (Wildman–Crippen LogP) is 1.50. The fraction of sp³-hybridized carbons (Fsp3) is 0. The van der Waals surface area contributed by atoms with Crippen LogP contribution in [0.25, 0.3) is 10.9 Å². The van der Waals surface area contributed by atoms with E-state index in [0.717, 1.165) is 18.2 Å². The molecule has 0 aliphatic rings. The van der Waals surface area contributed by atoms with Crippen LogP contribution in [0.5, 0.6) is 0 Å². The molecule has 0 aliphatic carbocycles. The summed E-state index contributed by atoms with van der Waals surface area (Å²) in [7, 11) is 0. The van der Waals surface area contributed by atoms with Gasteiger partial charge in [0.1, 0.15) is 17.2 Å². The van der Waals surface area contributed by atoms with Crippen molar-refractivity contribution in [1.29, 1.82) is 0 Å².